The highest BCUT2D eigenvalue weighted by atomic mass is 19.2. The zero-order valence-electron chi connectivity index (χ0n) is 11.3. The van der Waals surface area contributed by atoms with E-state index in [9.17, 15) is 8.78 Å². The van der Waals surface area contributed by atoms with Crippen LogP contribution in [0.1, 0.15) is 29.7 Å². The molecule has 0 amide bonds. The molecule has 0 aromatic heterocycles. The van der Waals surface area contributed by atoms with Crippen LogP contribution in [0.2, 0.25) is 0 Å². The van der Waals surface area contributed by atoms with Gasteiger partial charge in [-0.05, 0) is 38.5 Å². The van der Waals surface area contributed by atoms with E-state index < -0.39 is 11.6 Å². The second-order valence-corrected chi connectivity index (χ2v) is 4.89. The number of halogens is 2. The summed E-state index contributed by atoms with van der Waals surface area (Å²) in [5.74, 6) is -1.67. The highest BCUT2D eigenvalue weighted by molar-refractivity contribution is 5.47. The minimum atomic E-state index is -0.836. The number of aryl methyl sites for hydroxylation is 2. The molecule has 0 fully saturated rings. The average Bonchev–Trinajstić information content (AvgIpc) is 2.33. The first-order valence-corrected chi connectivity index (χ1v) is 6.26. The van der Waals surface area contributed by atoms with Gasteiger partial charge >= 0.3 is 0 Å². The Kier molecular flexibility index (Phi) is 3.84. The quantitative estimate of drug-likeness (QED) is 0.840. The van der Waals surface area contributed by atoms with Crippen LogP contribution < -0.4 is 5.32 Å². The van der Waals surface area contributed by atoms with E-state index in [-0.39, 0.29) is 11.7 Å². The Bertz CT molecular complexity index is 573. The van der Waals surface area contributed by atoms with Gasteiger partial charge in [-0.15, -0.1) is 0 Å². The monoisotopic (exact) mass is 261 g/mol. The highest BCUT2D eigenvalue weighted by Crippen LogP contribution is 2.24. The van der Waals surface area contributed by atoms with Crippen LogP contribution in [-0.4, -0.2) is 0 Å². The summed E-state index contributed by atoms with van der Waals surface area (Å²) in [7, 11) is 0. The van der Waals surface area contributed by atoms with E-state index >= 15 is 0 Å². The first-order valence-electron chi connectivity index (χ1n) is 6.26. The lowest BCUT2D eigenvalue weighted by Crippen LogP contribution is -2.09. The van der Waals surface area contributed by atoms with Crippen LogP contribution in [-0.2, 0) is 0 Å². The SMILES string of the molecule is Cc1cc(C)cc(C(C)Nc2cccc(F)c2F)c1. The van der Waals surface area contributed by atoms with Crippen LogP contribution in [0.3, 0.4) is 0 Å². The van der Waals surface area contributed by atoms with Crippen molar-refractivity contribution in [3.63, 3.8) is 0 Å². The smallest absolute Gasteiger partial charge is 0.181 e. The highest BCUT2D eigenvalue weighted by Gasteiger charge is 2.11. The summed E-state index contributed by atoms with van der Waals surface area (Å²) in [5.41, 5.74) is 3.56. The maximum atomic E-state index is 13.6. The van der Waals surface area contributed by atoms with Gasteiger partial charge in [-0.25, -0.2) is 8.78 Å². The van der Waals surface area contributed by atoms with Crippen LogP contribution in [0.4, 0.5) is 14.5 Å². The van der Waals surface area contributed by atoms with Crippen molar-refractivity contribution in [2.45, 2.75) is 26.8 Å². The fourth-order valence-corrected chi connectivity index (χ4v) is 2.19. The molecule has 0 bridgehead atoms. The summed E-state index contributed by atoms with van der Waals surface area (Å²) in [5, 5.41) is 3.01. The third-order valence-electron chi connectivity index (χ3n) is 3.07. The standard InChI is InChI=1S/C16H17F2N/c1-10-7-11(2)9-13(8-10)12(3)19-15-6-4-5-14(17)16(15)18/h4-9,12,19H,1-3H3. The summed E-state index contributed by atoms with van der Waals surface area (Å²) in [6.45, 7) is 5.97. The van der Waals surface area contributed by atoms with Gasteiger partial charge in [0.05, 0.1) is 5.69 Å². The van der Waals surface area contributed by atoms with E-state index in [2.05, 4.69) is 11.4 Å². The van der Waals surface area contributed by atoms with Gasteiger partial charge in [0.1, 0.15) is 0 Å². The van der Waals surface area contributed by atoms with Crippen molar-refractivity contribution in [1.29, 1.82) is 0 Å². The molecular weight excluding hydrogens is 244 g/mol. The molecule has 0 aliphatic carbocycles. The number of hydrogen-bond acceptors (Lipinski definition) is 1. The summed E-state index contributed by atoms with van der Waals surface area (Å²) in [4.78, 5) is 0. The van der Waals surface area contributed by atoms with E-state index in [0.717, 1.165) is 22.8 Å². The van der Waals surface area contributed by atoms with Crippen LogP contribution in [0, 0.1) is 25.5 Å². The molecular formula is C16H17F2N. The largest absolute Gasteiger partial charge is 0.376 e. The van der Waals surface area contributed by atoms with Gasteiger partial charge in [0.15, 0.2) is 11.6 Å². The minimum Gasteiger partial charge on any atom is -0.376 e. The molecule has 3 heteroatoms. The molecule has 2 rings (SSSR count). The van der Waals surface area contributed by atoms with Crippen molar-refractivity contribution in [2.75, 3.05) is 5.32 Å². The van der Waals surface area contributed by atoms with Gasteiger partial charge in [-0.3, -0.25) is 0 Å². The van der Waals surface area contributed by atoms with Crippen molar-refractivity contribution in [3.8, 4) is 0 Å². The normalized spacial score (nSPS) is 12.3. The van der Waals surface area contributed by atoms with Gasteiger partial charge in [0.2, 0.25) is 0 Å². The van der Waals surface area contributed by atoms with Gasteiger partial charge in [0.25, 0.3) is 0 Å². The zero-order chi connectivity index (χ0) is 14.0. The molecule has 0 saturated carbocycles. The molecule has 0 saturated heterocycles. The van der Waals surface area contributed by atoms with E-state index in [1.165, 1.54) is 12.1 Å². The lowest BCUT2D eigenvalue weighted by Gasteiger charge is -2.17. The van der Waals surface area contributed by atoms with Gasteiger partial charge in [-0.2, -0.15) is 0 Å². The maximum absolute atomic E-state index is 13.6. The summed E-state index contributed by atoms with van der Waals surface area (Å²) >= 11 is 0. The average molecular weight is 261 g/mol. The second kappa shape index (κ2) is 5.39. The fourth-order valence-electron chi connectivity index (χ4n) is 2.19. The van der Waals surface area contributed by atoms with Gasteiger partial charge in [0, 0.05) is 6.04 Å². The Morgan fingerprint density at radius 1 is 1.00 bits per heavy atom. The Morgan fingerprint density at radius 2 is 1.63 bits per heavy atom. The van der Waals surface area contributed by atoms with Gasteiger partial charge < -0.3 is 5.32 Å². The van der Waals surface area contributed by atoms with Crippen molar-refractivity contribution in [2.24, 2.45) is 0 Å². The molecule has 0 aliphatic heterocycles. The number of anilines is 1. The first-order chi connectivity index (χ1) is 8.97. The second-order valence-electron chi connectivity index (χ2n) is 4.89. The minimum absolute atomic E-state index is 0.0881. The van der Waals surface area contributed by atoms with E-state index in [1.807, 2.05) is 32.9 Å². The van der Waals surface area contributed by atoms with Crippen LogP contribution in [0.25, 0.3) is 0 Å². The van der Waals surface area contributed by atoms with Crippen molar-refractivity contribution in [1.82, 2.24) is 0 Å². The van der Waals surface area contributed by atoms with E-state index in [1.54, 1.807) is 0 Å². The maximum Gasteiger partial charge on any atom is 0.181 e. The molecule has 0 spiro atoms. The molecule has 100 valence electrons. The van der Waals surface area contributed by atoms with Crippen molar-refractivity contribution in [3.05, 3.63) is 64.7 Å². The lowest BCUT2D eigenvalue weighted by atomic mass is 10.0. The molecule has 19 heavy (non-hydrogen) atoms. The van der Waals surface area contributed by atoms with Crippen LogP contribution in [0.5, 0.6) is 0 Å². The van der Waals surface area contributed by atoms with Crippen LogP contribution in [0.15, 0.2) is 36.4 Å². The van der Waals surface area contributed by atoms with Crippen molar-refractivity contribution >= 4 is 5.69 Å². The molecule has 1 N–H and O–H groups in total. The molecule has 0 radical (unpaired) electrons. The zero-order valence-corrected chi connectivity index (χ0v) is 11.3. The molecule has 2 aromatic rings. The lowest BCUT2D eigenvalue weighted by molar-refractivity contribution is 0.510. The molecule has 1 atom stereocenters. The van der Waals surface area contributed by atoms with Crippen LogP contribution >= 0.6 is 0 Å². The molecule has 1 nitrogen and oxygen atoms in total. The topological polar surface area (TPSA) is 12.0 Å². The van der Waals surface area contributed by atoms with E-state index in [0.29, 0.717) is 0 Å². The molecule has 2 aromatic carbocycles. The number of rotatable bonds is 3. The third-order valence-corrected chi connectivity index (χ3v) is 3.07. The number of benzene rings is 2. The van der Waals surface area contributed by atoms with E-state index in [4.69, 9.17) is 0 Å². The third kappa shape index (κ3) is 3.11. The number of hydrogen-bond donors (Lipinski definition) is 1. The summed E-state index contributed by atoms with van der Waals surface area (Å²) in [6.07, 6.45) is 0. The predicted molar refractivity (Wildman–Crippen MR) is 74.3 cm³/mol. The predicted octanol–water partition coefficient (Wildman–Crippen LogP) is 4.75. The Morgan fingerprint density at radius 3 is 2.26 bits per heavy atom. The molecule has 0 heterocycles. The first kappa shape index (κ1) is 13.5. The fraction of sp³-hybridized carbons (Fsp3) is 0.250. The number of nitrogens with one attached hydrogen (secondary N) is 1. The summed E-state index contributed by atoms with van der Waals surface area (Å²) < 4.78 is 26.7. The Balaban J connectivity index is 2.25. The summed E-state index contributed by atoms with van der Waals surface area (Å²) in [6, 6.07) is 10.2. The van der Waals surface area contributed by atoms with Crippen molar-refractivity contribution < 1.29 is 8.78 Å². The molecule has 1 unspecified atom stereocenters. The Hall–Kier alpha value is -1.90. The Labute approximate surface area is 112 Å². The van der Waals surface area contributed by atoms with Gasteiger partial charge in [-0.1, -0.05) is 35.4 Å². The molecule has 0 aliphatic rings.